The van der Waals surface area contributed by atoms with E-state index in [1.54, 1.807) is 17.9 Å². The smallest absolute Gasteiger partial charge is 0.274 e. The average molecular weight is 437 g/mol. The maximum atomic E-state index is 13.4. The van der Waals surface area contributed by atoms with Crippen LogP contribution in [0, 0.1) is 10.8 Å². The van der Waals surface area contributed by atoms with Crippen molar-refractivity contribution in [3.63, 3.8) is 0 Å². The second-order valence-corrected chi connectivity index (χ2v) is 10.9. The number of fused-ring (bicyclic) bond motifs is 3. The molecule has 2 atom stereocenters. The quantitative estimate of drug-likeness (QED) is 0.735. The Labute approximate surface area is 189 Å². The highest BCUT2D eigenvalue weighted by Gasteiger charge is 2.51. The SMILES string of the molecule is COc1cccc(CN2CCn3nc(C(=O)N4C[C@@]5(C)C[C@H]4CC(C)(C)C5)cc3C2=O)c1. The number of benzene rings is 1. The van der Waals surface area contributed by atoms with Gasteiger partial charge in [-0.1, -0.05) is 32.9 Å². The Kier molecular flexibility index (Phi) is 4.84. The van der Waals surface area contributed by atoms with Crippen LogP contribution in [-0.4, -0.2) is 57.6 Å². The van der Waals surface area contributed by atoms with Crippen molar-refractivity contribution >= 4 is 11.8 Å². The molecule has 0 radical (unpaired) electrons. The summed E-state index contributed by atoms with van der Waals surface area (Å²) in [7, 11) is 1.64. The third kappa shape index (κ3) is 3.67. The zero-order chi connectivity index (χ0) is 22.7. The van der Waals surface area contributed by atoms with Gasteiger partial charge >= 0.3 is 0 Å². The van der Waals surface area contributed by atoms with Gasteiger partial charge in [0.25, 0.3) is 11.8 Å². The lowest BCUT2D eigenvalue weighted by Crippen LogP contribution is -2.39. The van der Waals surface area contributed by atoms with Crippen LogP contribution in [0.4, 0.5) is 0 Å². The second kappa shape index (κ2) is 7.36. The molecule has 2 bridgehead atoms. The van der Waals surface area contributed by atoms with E-state index in [4.69, 9.17) is 4.74 Å². The van der Waals surface area contributed by atoms with Crippen LogP contribution in [0.25, 0.3) is 0 Å². The molecule has 1 saturated heterocycles. The van der Waals surface area contributed by atoms with Gasteiger partial charge in [0.1, 0.15) is 11.4 Å². The Morgan fingerprint density at radius 2 is 2.00 bits per heavy atom. The van der Waals surface area contributed by atoms with Gasteiger partial charge in [0.05, 0.1) is 13.7 Å². The van der Waals surface area contributed by atoms with Gasteiger partial charge in [-0.25, -0.2) is 0 Å². The van der Waals surface area contributed by atoms with Gasteiger partial charge < -0.3 is 14.5 Å². The Hall–Kier alpha value is -2.83. The molecule has 32 heavy (non-hydrogen) atoms. The Morgan fingerprint density at radius 1 is 1.19 bits per heavy atom. The first-order valence-corrected chi connectivity index (χ1v) is 11.5. The van der Waals surface area contributed by atoms with E-state index in [0.717, 1.165) is 37.1 Å². The number of likely N-dealkylation sites (tertiary alicyclic amines) is 1. The fraction of sp³-hybridized carbons (Fsp3) is 0.560. The summed E-state index contributed by atoms with van der Waals surface area (Å²) in [5, 5.41) is 4.55. The van der Waals surface area contributed by atoms with Crippen LogP contribution in [0.5, 0.6) is 5.75 Å². The van der Waals surface area contributed by atoms with E-state index in [9.17, 15) is 9.59 Å². The van der Waals surface area contributed by atoms with E-state index in [1.165, 1.54) is 0 Å². The predicted octanol–water partition coefficient (Wildman–Crippen LogP) is 3.59. The van der Waals surface area contributed by atoms with Gasteiger partial charge in [-0.2, -0.15) is 5.10 Å². The Balaban J connectivity index is 1.34. The number of nitrogens with zero attached hydrogens (tertiary/aromatic N) is 4. The third-order valence-electron chi connectivity index (χ3n) is 7.27. The predicted molar refractivity (Wildman–Crippen MR) is 121 cm³/mol. The Morgan fingerprint density at radius 3 is 2.78 bits per heavy atom. The molecule has 0 unspecified atom stereocenters. The van der Waals surface area contributed by atoms with Gasteiger partial charge in [-0.15, -0.1) is 0 Å². The van der Waals surface area contributed by atoms with Crippen LogP contribution >= 0.6 is 0 Å². The largest absolute Gasteiger partial charge is 0.497 e. The number of aromatic nitrogens is 2. The van der Waals surface area contributed by atoms with E-state index >= 15 is 0 Å². The minimum absolute atomic E-state index is 0.0366. The molecule has 0 N–H and O–H groups in total. The van der Waals surface area contributed by atoms with Crippen molar-refractivity contribution in [3.8, 4) is 5.75 Å². The molecular formula is C25H32N4O3. The molecule has 170 valence electrons. The number of methoxy groups -OCH3 is 1. The summed E-state index contributed by atoms with van der Waals surface area (Å²) in [5.41, 5.74) is 2.32. The van der Waals surface area contributed by atoms with Gasteiger partial charge in [0.2, 0.25) is 0 Å². The maximum Gasteiger partial charge on any atom is 0.274 e. The zero-order valence-corrected chi connectivity index (χ0v) is 19.4. The molecule has 7 heteroatoms. The van der Waals surface area contributed by atoms with E-state index in [2.05, 4.69) is 25.9 Å². The molecule has 2 fully saturated rings. The van der Waals surface area contributed by atoms with Crippen molar-refractivity contribution in [3.05, 3.63) is 47.3 Å². The van der Waals surface area contributed by atoms with Crippen molar-refractivity contribution in [2.45, 2.75) is 59.2 Å². The second-order valence-electron chi connectivity index (χ2n) is 10.9. The number of ether oxygens (including phenoxy) is 1. The van der Waals surface area contributed by atoms with Crippen LogP contribution in [0.1, 0.15) is 66.6 Å². The fourth-order valence-electron chi connectivity index (χ4n) is 6.33. The van der Waals surface area contributed by atoms with Crippen LogP contribution in [0.15, 0.2) is 30.3 Å². The van der Waals surface area contributed by atoms with Gasteiger partial charge in [-0.05, 0) is 47.8 Å². The molecular weight excluding hydrogens is 404 g/mol. The summed E-state index contributed by atoms with van der Waals surface area (Å²) in [6, 6.07) is 9.71. The van der Waals surface area contributed by atoms with Crippen molar-refractivity contribution in [2.75, 3.05) is 20.2 Å². The van der Waals surface area contributed by atoms with Crippen molar-refractivity contribution in [1.29, 1.82) is 0 Å². The first kappa shape index (κ1) is 21.0. The molecule has 0 spiro atoms. The summed E-state index contributed by atoms with van der Waals surface area (Å²) in [6.07, 6.45) is 3.22. The number of hydrogen-bond acceptors (Lipinski definition) is 4. The number of hydrogen-bond donors (Lipinski definition) is 0. The van der Waals surface area contributed by atoms with Crippen molar-refractivity contribution < 1.29 is 14.3 Å². The van der Waals surface area contributed by atoms with Crippen molar-refractivity contribution in [1.82, 2.24) is 19.6 Å². The standard InChI is InChI=1S/C25H32N4O3/c1-24(2)12-18-13-25(3,15-24)16-28(18)22(30)20-11-21-23(31)27(8-9-29(21)26-20)14-17-6-5-7-19(10-17)32-4/h5-7,10-11,18H,8-9,12-16H2,1-4H3/t18-,25+/m1/s1. The van der Waals surface area contributed by atoms with Crippen LogP contribution < -0.4 is 4.74 Å². The lowest BCUT2D eigenvalue weighted by Gasteiger charge is -2.39. The topological polar surface area (TPSA) is 67.7 Å². The normalized spacial score (nSPS) is 26.2. The highest BCUT2D eigenvalue weighted by Crippen LogP contribution is 2.52. The lowest BCUT2D eigenvalue weighted by molar-refractivity contribution is 0.0675. The first-order chi connectivity index (χ1) is 15.2. The van der Waals surface area contributed by atoms with E-state index < -0.39 is 0 Å². The molecule has 1 saturated carbocycles. The summed E-state index contributed by atoms with van der Waals surface area (Å²) in [4.78, 5) is 30.4. The Bertz CT molecular complexity index is 1070. The molecule has 2 aromatic rings. The molecule has 1 aromatic carbocycles. The average Bonchev–Trinajstić information content (AvgIpc) is 3.28. The minimum Gasteiger partial charge on any atom is -0.497 e. The summed E-state index contributed by atoms with van der Waals surface area (Å²) < 4.78 is 7.00. The molecule has 3 heterocycles. The molecule has 1 aliphatic carbocycles. The van der Waals surface area contributed by atoms with Crippen LogP contribution in [0.2, 0.25) is 0 Å². The van der Waals surface area contributed by atoms with E-state index in [1.807, 2.05) is 34.1 Å². The van der Waals surface area contributed by atoms with Crippen molar-refractivity contribution in [2.24, 2.45) is 10.8 Å². The highest BCUT2D eigenvalue weighted by atomic mass is 16.5. The van der Waals surface area contributed by atoms with Gasteiger partial charge in [0, 0.05) is 31.7 Å². The monoisotopic (exact) mass is 436 g/mol. The minimum atomic E-state index is -0.0844. The van der Waals surface area contributed by atoms with Crippen LogP contribution in [-0.2, 0) is 13.1 Å². The molecule has 5 rings (SSSR count). The summed E-state index contributed by atoms with van der Waals surface area (Å²) in [6.45, 7) is 9.34. The molecule has 3 aliphatic rings. The highest BCUT2D eigenvalue weighted by molar-refractivity contribution is 5.98. The number of rotatable bonds is 4. The van der Waals surface area contributed by atoms with Gasteiger partial charge in [0.15, 0.2) is 5.69 Å². The number of carbonyl (C=O) groups is 2. The van der Waals surface area contributed by atoms with Gasteiger partial charge in [-0.3, -0.25) is 14.3 Å². The molecule has 1 aromatic heterocycles. The zero-order valence-electron chi connectivity index (χ0n) is 19.4. The lowest BCUT2D eigenvalue weighted by atomic mass is 9.65. The molecule has 2 amide bonds. The first-order valence-electron chi connectivity index (χ1n) is 11.5. The van der Waals surface area contributed by atoms with E-state index in [-0.39, 0.29) is 28.7 Å². The number of amides is 2. The fourth-order valence-corrected chi connectivity index (χ4v) is 6.33. The third-order valence-corrected chi connectivity index (χ3v) is 7.27. The van der Waals surface area contributed by atoms with E-state index in [0.29, 0.717) is 31.0 Å². The summed E-state index contributed by atoms with van der Waals surface area (Å²) in [5.74, 6) is 0.655. The number of carbonyl (C=O) groups excluding carboxylic acids is 2. The summed E-state index contributed by atoms with van der Waals surface area (Å²) >= 11 is 0. The maximum absolute atomic E-state index is 13.4. The van der Waals surface area contributed by atoms with Crippen LogP contribution in [0.3, 0.4) is 0 Å². The molecule has 7 nitrogen and oxygen atoms in total. The molecule has 2 aliphatic heterocycles.